The lowest BCUT2D eigenvalue weighted by Crippen LogP contribution is -2.61. The summed E-state index contributed by atoms with van der Waals surface area (Å²) in [5, 5.41) is 3.53. The van der Waals surface area contributed by atoms with Crippen molar-refractivity contribution in [2.75, 3.05) is 6.61 Å². The first-order valence-corrected chi connectivity index (χ1v) is 9.14. The molecule has 1 aromatic rings. The molecular weight excluding hydrogens is 398 g/mol. The number of hydrogen-bond donors (Lipinski definition) is 0. The van der Waals surface area contributed by atoms with Crippen LogP contribution in [-0.4, -0.2) is 55.2 Å². The molecule has 1 heterocycles. The van der Waals surface area contributed by atoms with Crippen molar-refractivity contribution in [3.8, 4) is 0 Å². The molecule has 2 rings (SSSR count). The van der Waals surface area contributed by atoms with E-state index in [-0.39, 0.29) is 13.2 Å². The second-order valence-corrected chi connectivity index (χ2v) is 6.48. The molecule has 1 aliphatic heterocycles. The average Bonchev–Trinajstić information content (AvgIpc) is 2.68. The Labute approximate surface area is 172 Å². The van der Waals surface area contributed by atoms with E-state index in [9.17, 15) is 14.4 Å². The highest BCUT2D eigenvalue weighted by Gasteiger charge is 2.50. The van der Waals surface area contributed by atoms with Gasteiger partial charge < -0.3 is 23.7 Å². The van der Waals surface area contributed by atoms with Crippen LogP contribution in [0.25, 0.3) is 10.4 Å². The molecule has 0 amide bonds. The number of rotatable bonds is 8. The predicted octanol–water partition coefficient (Wildman–Crippen LogP) is 2.03. The van der Waals surface area contributed by atoms with Crippen molar-refractivity contribution >= 4 is 17.9 Å². The molecule has 0 radical (unpaired) electrons. The van der Waals surface area contributed by atoms with Crippen molar-refractivity contribution in [3.05, 3.63) is 46.3 Å². The molecule has 0 saturated carbocycles. The Hall–Kier alpha value is -3.14. The Morgan fingerprint density at radius 2 is 1.63 bits per heavy atom. The number of carbonyl (C=O) groups is 3. The number of benzene rings is 1. The first-order valence-electron chi connectivity index (χ1n) is 9.14. The Bertz CT molecular complexity index is 796. The van der Waals surface area contributed by atoms with Gasteiger partial charge in [-0.05, 0) is 11.1 Å². The summed E-state index contributed by atoms with van der Waals surface area (Å²) in [5.74, 6) is -1.90. The topological polar surface area (TPSA) is 146 Å². The highest BCUT2D eigenvalue weighted by Crippen LogP contribution is 2.30. The van der Waals surface area contributed by atoms with Crippen LogP contribution >= 0.6 is 0 Å². The Morgan fingerprint density at radius 3 is 2.20 bits per heavy atom. The van der Waals surface area contributed by atoms with E-state index in [2.05, 4.69) is 10.0 Å². The minimum Gasteiger partial charge on any atom is -0.463 e. The number of carbonyl (C=O) groups excluding carboxylic acids is 3. The molecule has 30 heavy (non-hydrogen) atoms. The molecule has 0 unspecified atom stereocenters. The molecule has 1 aliphatic rings. The summed E-state index contributed by atoms with van der Waals surface area (Å²) in [5.41, 5.74) is 9.72. The summed E-state index contributed by atoms with van der Waals surface area (Å²) in [7, 11) is 0. The van der Waals surface area contributed by atoms with Crippen molar-refractivity contribution in [1.29, 1.82) is 0 Å². The molecule has 5 atom stereocenters. The van der Waals surface area contributed by atoms with Gasteiger partial charge >= 0.3 is 17.9 Å². The van der Waals surface area contributed by atoms with E-state index in [1.54, 1.807) is 0 Å². The number of hydrogen-bond acceptors (Lipinski definition) is 9. The zero-order valence-electron chi connectivity index (χ0n) is 16.8. The molecule has 0 N–H and O–H groups in total. The van der Waals surface area contributed by atoms with E-state index >= 15 is 0 Å². The van der Waals surface area contributed by atoms with E-state index in [0.717, 1.165) is 5.56 Å². The van der Waals surface area contributed by atoms with Gasteiger partial charge in [0.2, 0.25) is 0 Å². The van der Waals surface area contributed by atoms with Gasteiger partial charge in [0.25, 0.3) is 0 Å². The summed E-state index contributed by atoms with van der Waals surface area (Å²) in [4.78, 5) is 37.4. The largest absolute Gasteiger partial charge is 0.463 e. The van der Waals surface area contributed by atoms with Crippen LogP contribution in [0.2, 0.25) is 0 Å². The van der Waals surface area contributed by atoms with E-state index in [4.69, 9.17) is 29.2 Å². The minimum atomic E-state index is -1.29. The third-order valence-electron chi connectivity index (χ3n) is 4.11. The highest BCUT2D eigenvalue weighted by atomic mass is 16.7. The van der Waals surface area contributed by atoms with E-state index in [0.29, 0.717) is 0 Å². The Morgan fingerprint density at radius 1 is 1.00 bits per heavy atom. The Balaban J connectivity index is 2.37. The summed E-state index contributed by atoms with van der Waals surface area (Å²) in [6, 6.07) is 9.13. The zero-order chi connectivity index (χ0) is 22.1. The molecule has 11 nitrogen and oxygen atoms in total. The van der Waals surface area contributed by atoms with Crippen LogP contribution in [0.15, 0.2) is 35.4 Å². The summed E-state index contributed by atoms with van der Waals surface area (Å²) >= 11 is 0. The smallest absolute Gasteiger partial charge is 0.303 e. The van der Waals surface area contributed by atoms with Crippen LogP contribution < -0.4 is 0 Å². The van der Waals surface area contributed by atoms with Crippen LogP contribution in [0.4, 0.5) is 0 Å². The van der Waals surface area contributed by atoms with Crippen LogP contribution in [-0.2, 0) is 44.7 Å². The molecule has 162 valence electrons. The van der Waals surface area contributed by atoms with Gasteiger partial charge in [-0.25, -0.2) is 0 Å². The number of azide groups is 1. The van der Waals surface area contributed by atoms with Crippen LogP contribution in [0.1, 0.15) is 26.3 Å². The molecule has 0 aliphatic carbocycles. The fourth-order valence-electron chi connectivity index (χ4n) is 2.98. The maximum Gasteiger partial charge on any atom is 0.303 e. The second kappa shape index (κ2) is 11.1. The summed E-state index contributed by atoms with van der Waals surface area (Å²) in [6.45, 7) is 3.37. The fourth-order valence-corrected chi connectivity index (χ4v) is 2.98. The van der Waals surface area contributed by atoms with Gasteiger partial charge in [-0.2, -0.15) is 0 Å². The van der Waals surface area contributed by atoms with Crippen LogP contribution in [0.5, 0.6) is 0 Å². The maximum atomic E-state index is 11.7. The third kappa shape index (κ3) is 6.73. The monoisotopic (exact) mass is 421 g/mol. The van der Waals surface area contributed by atoms with Crippen molar-refractivity contribution in [2.45, 2.75) is 58.0 Å². The van der Waals surface area contributed by atoms with Gasteiger partial charge in [0, 0.05) is 25.7 Å². The fraction of sp³-hybridized carbons (Fsp3) is 0.526. The van der Waals surface area contributed by atoms with Crippen molar-refractivity contribution in [1.82, 2.24) is 0 Å². The van der Waals surface area contributed by atoms with Crippen LogP contribution in [0.3, 0.4) is 0 Å². The first-order chi connectivity index (χ1) is 14.3. The SMILES string of the molecule is CC(=O)OC[C@H]1O[C@@H](N=[N+]=[N-])[C@H](OC(C)=O)[C@@H](OCc2ccccc2)[C@@H]1OC(C)=O. The quantitative estimate of drug-likeness (QED) is 0.204. The lowest BCUT2D eigenvalue weighted by Gasteiger charge is -2.43. The summed E-state index contributed by atoms with van der Waals surface area (Å²) < 4.78 is 27.3. The van der Waals surface area contributed by atoms with E-state index in [1.807, 2.05) is 30.3 Å². The molecule has 1 fully saturated rings. The minimum absolute atomic E-state index is 0.0876. The van der Waals surface area contributed by atoms with Crippen molar-refractivity contribution < 1.29 is 38.1 Å². The second-order valence-electron chi connectivity index (χ2n) is 6.48. The van der Waals surface area contributed by atoms with E-state index < -0.39 is 48.6 Å². The van der Waals surface area contributed by atoms with Crippen LogP contribution in [0, 0.1) is 0 Å². The zero-order valence-corrected chi connectivity index (χ0v) is 16.8. The lowest BCUT2D eigenvalue weighted by atomic mass is 9.97. The predicted molar refractivity (Wildman–Crippen MR) is 101 cm³/mol. The normalized spacial score (nSPS) is 25.5. The van der Waals surface area contributed by atoms with Crippen molar-refractivity contribution in [3.63, 3.8) is 0 Å². The van der Waals surface area contributed by atoms with Gasteiger partial charge in [-0.1, -0.05) is 35.4 Å². The third-order valence-corrected chi connectivity index (χ3v) is 4.11. The van der Waals surface area contributed by atoms with Gasteiger partial charge in [-0.3, -0.25) is 14.4 Å². The first kappa shape index (κ1) is 23.1. The lowest BCUT2D eigenvalue weighted by molar-refractivity contribution is -0.256. The number of ether oxygens (including phenoxy) is 5. The number of nitrogens with zero attached hydrogens (tertiary/aromatic N) is 3. The molecule has 0 aromatic heterocycles. The standard InChI is InChI=1S/C19H23N3O8/c1-11(23)26-10-15-16(28-12(2)24)17(27-9-14-7-5-4-6-8-14)18(29-13(3)25)19(30-15)21-22-20/h4-8,15-19H,9-10H2,1-3H3/t15-,16-,17+,18-,19-/m1/s1. The van der Waals surface area contributed by atoms with E-state index in [1.165, 1.54) is 20.8 Å². The molecule has 0 spiro atoms. The summed E-state index contributed by atoms with van der Waals surface area (Å²) in [6.07, 6.45) is -5.64. The average molecular weight is 421 g/mol. The van der Waals surface area contributed by atoms with Crippen molar-refractivity contribution in [2.24, 2.45) is 5.11 Å². The molecular formula is C19H23N3O8. The molecule has 11 heteroatoms. The van der Waals surface area contributed by atoms with Gasteiger partial charge in [0.1, 0.15) is 18.8 Å². The maximum absolute atomic E-state index is 11.7. The van der Waals surface area contributed by atoms with Gasteiger partial charge in [0.05, 0.1) is 6.61 Å². The number of esters is 3. The highest BCUT2D eigenvalue weighted by molar-refractivity contribution is 5.67. The molecule has 0 bridgehead atoms. The Kier molecular flexibility index (Phi) is 8.60. The van der Waals surface area contributed by atoms with Gasteiger partial charge in [0.15, 0.2) is 18.4 Å². The molecule has 1 saturated heterocycles. The van der Waals surface area contributed by atoms with Gasteiger partial charge in [-0.15, -0.1) is 0 Å². The molecule has 1 aromatic carbocycles.